The molecule has 0 aliphatic carbocycles. The molecule has 2 rings (SSSR count). The molecule has 0 N–H and O–H groups in total. The number of aromatic nitrogens is 3. The quantitative estimate of drug-likeness (QED) is 0.801. The van der Waals surface area contributed by atoms with Crippen LogP contribution in [0.5, 0.6) is 0 Å². The summed E-state index contributed by atoms with van der Waals surface area (Å²) < 4.78 is 3.17. The third kappa shape index (κ3) is 2.21. The Morgan fingerprint density at radius 2 is 2.24 bits per heavy atom. The van der Waals surface area contributed by atoms with Gasteiger partial charge in [0.15, 0.2) is 0 Å². The van der Waals surface area contributed by atoms with E-state index in [2.05, 4.69) is 11.2 Å². The Hall–Kier alpha value is -2.09. The zero-order chi connectivity index (χ0) is 12.5. The van der Waals surface area contributed by atoms with Gasteiger partial charge in [0.2, 0.25) is 0 Å². The number of aryl methyl sites for hydroxylation is 1. The smallest absolute Gasteiger partial charge is 0.276 e. The molecule has 0 fully saturated rings. The summed E-state index contributed by atoms with van der Waals surface area (Å²) in [6, 6.07) is 3.92. The van der Waals surface area contributed by atoms with Crippen molar-refractivity contribution in [3.8, 4) is 6.07 Å². The third-order valence-electron chi connectivity index (χ3n) is 2.82. The number of nitriles is 1. The van der Waals surface area contributed by atoms with Crippen LogP contribution in [-0.2, 0) is 6.54 Å². The van der Waals surface area contributed by atoms with E-state index in [0.29, 0.717) is 18.5 Å². The van der Waals surface area contributed by atoms with Gasteiger partial charge in [0.25, 0.3) is 5.56 Å². The highest BCUT2D eigenvalue weighted by molar-refractivity contribution is 5.42. The lowest BCUT2D eigenvalue weighted by atomic mass is 9.91. The minimum Gasteiger partial charge on any atom is -0.312 e. The van der Waals surface area contributed by atoms with Crippen molar-refractivity contribution in [2.75, 3.05) is 0 Å². The van der Waals surface area contributed by atoms with Gasteiger partial charge in [-0.2, -0.15) is 10.4 Å². The van der Waals surface area contributed by atoms with Gasteiger partial charge in [0.1, 0.15) is 5.52 Å². The first-order chi connectivity index (χ1) is 8.03. The van der Waals surface area contributed by atoms with Gasteiger partial charge in [-0.3, -0.25) is 4.79 Å². The molecule has 5 nitrogen and oxygen atoms in total. The standard InChI is InChI=1S/C12H14N4O/c1-12(2,9-13)4-6-15-7-8-16-10(11(15)17)3-5-14-16/h3,5,7-8H,4,6H2,1-2H3. The van der Waals surface area contributed by atoms with Crippen LogP contribution in [0.1, 0.15) is 20.3 Å². The Kier molecular flexibility index (Phi) is 2.72. The third-order valence-corrected chi connectivity index (χ3v) is 2.82. The maximum atomic E-state index is 12.0. The Labute approximate surface area is 98.9 Å². The summed E-state index contributed by atoms with van der Waals surface area (Å²) in [4.78, 5) is 12.0. The van der Waals surface area contributed by atoms with Gasteiger partial charge in [-0.1, -0.05) is 0 Å². The number of nitrogens with zero attached hydrogens (tertiary/aromatic N) is 4. The van der Waals surface area contributed by atoms with Gasteiger partial charge in [-0.05, 0) is 26.3 Å². The second kappa shape index (κ2) is 4.06. The van der Waals surface area contributed by atoms with Gasteiger partial charge in [0, 0.05) is 18.9 Å². The average Bonchev–Trinajstić information content (AvgIpc) is 2.77. The van der Waals surface area contributed by atoms with Crippen molar-refractivity contribution in [2.45, 2.75) is 26.8 Å². The summed E-state index contributed by atoms with van der Waals surface area (Å²) in [5.74, 6) is 0. The molecular weight excluding hydrogens is 216 g/mol. The molecule has 0 amide bonds. The van der Waals surface area contributed by atoms with E-state index in [1.165, 1.54) is 0 Å². The van der Waals surface area contributed by atoms with Gasteiger partial charge >= 0.3 is 0 Å². The fourth-order valence-corrected chi connectivity index (χ4v) is 1.59. The van der Waals surface area contributed by atoms with Crippen molar-refractivity contribution in [2.24, 2.45) is 5.41 Å². The lowest BCUT2D eigenvalue weighted by Crippen LogP contribution is -2.24. The Morgan fingerprint density at radius 1 is 1.47 bits per heavy atom. The molecule has 2 aromatic rings. The first-order valence-corrected chi connectivity index (χ1v) is 5.47. The Bertz CT molecular complexity index is 630. The highest BCUT2D eigenvalue weighted by atomic mass is 16.1. The van der Waals surface area contributed by atoms with E-state index < -0.39 is 5.41 Å². The van der Waals surface area contributed by atoms with E-state index in [0.717, 1.165) is 0 Å². The Balaban J connectivity index is 2.29. The van der Waals surface area contributed by atoms with Crippen LogP contribution in [0.2, 0.25) is 0 Å². The van der Waals surface area contributed by atoms with Crippen molar-refractivity contribution in [1.82, 2.24) is 14.2 Å². The minimum absolute atomic E-state index is 0.0706. The van der Waals surface area contributed by atoms with E-state index in [1.807, 2.05) is 13.8 Å². The van der Waals surface area contributed by atoms with Crippen LogP contribution in [-0.4, -0.2) is 14.2 Å². The molecule has 2 heterocycles. The fraction of sp³-hybridized carbons (Fsp3) is 0.417. The molecule has 0 saturated heterocycles. The summed E-state index contributed by atoms with van der Waals surface area (Å²) in [6.45, 7) is 4.28. The van der Waals surface area contributed by atoms with E-state index >= 15 is 0 Å². The zero-order valence-corrected chi connectivity index (χ0v) is 9.92. The number of hydrogen-bond acceptors (Lipinski definition) is 3. The largest absolute Gasteiger partial charge is 0.312 e. The normalized spacial score (nSPS) is 11.6. The number of rotatable bonds is 3. The average molecular weight is 230 g/mol. The monoisotopic (exact) mass is 230 g/mol. The lowest BCUT2D eigenvalue weighted by molar-refractivity contribution is 0.409. The van der Waals surface area contributed by atoms with Crippen molar-refractivity contribution < 1.29 is 0 Å². The van der Waals surface area contributed by atoms with E-state index in [-0.39, 0.29) is 5.56 Å². The highest BCUT2D eigenvalue weighted by Crippen LogP contribution is 2.18. The summed E-state index contributed by atoms with van der Waals surface area (Å²) in [6.07, 6.45) is 5.69. The number of hydrogen-bond donors (Lipinski definition) is 0. The van der Waals surface area contributed by atoms with Crippen molar-refractivity contribution in [3.63, 3.8) is 0 Å². The maximum Gasteiger partial charge on any atom is 0.276 e. The molecule has 0 unspecified atom stereocenters. The molecule has 5 heteroatoms. The fourth-order valence-electron chi connectivity index (χ4n) is 1.59. The van der Waals surface area contributed by atoms with Crippen LogP contribution in [0.25, 0.3) is 5.52 Å². The van der Waals surface area contributed by atoms with E-state index in [4.69, 9.17) is 5.26 Å². The predicted molar refractivity (Wildman–Crippen MR) is 63.5 cm³/mol. The van der Waals surface area contributed by atoms with E-state index in [9.17, 15) is 4.79 Å². The maximum absolute atomic E-state index is 12.0. The lowest BCUT2D eigenvalue weighted by Gasteiger charge is -2.15. The first-order valence-electron chi connectivity index (χ1n) is 5.47. The van der Waals surface area contributed by atoms with Crippen LogP contribution in [0.15, 0.2) is 29.5 Å². The van der Waals surface area contributed by atoms with Crippen LogP contribution in [0.4, 0.5) is 0 Å². The number of fused-ring (bicyclic) bond motifs is 1. The molecule has 88 valence electrons. The summed E-state index contributed by atoms with van der Waals surface area (Å²) in [5, 5.41) is 12.9. The molecule has 0 aliphatic rings. The van der Waals surface area contributed by atoms with Gasteiger partial charge in [-0.15, -0.1) is 0 Å². The summed E-state index contributed by atoms with van der Waals surface area (Å²) in [7, 11) is 0. The van der Waals surface area contributed by atoms with Crippen LogP contribution in [0.3, 0.4) is 0 Å². The van der Waals surface area contributed by atoms with Crippen molar-refractivity contribution >= 4 is 5.52 Å². The van der Waals surface area contributed by atoms with Gasteiger partial charge in [-0.25, -0.2) is 4.52 Å². The molecule has 0 spiro atoms. The van der Waals surface area contributed by atoms with Crippen LogP contribution >= 0.6 is 0 Å². The molecular formula is C12H14N4O. The van der Waals surface area contributed by atoms with Crippen LogP contribution < -0.4 is 5.56 Å². The molecule has 2 aromatic heterocycles. The van der Waals surface area contributed by atoms with Gasteiger partial charge < -0.3 is 4.57 Å². The molecule has 0 atom stereocenters. The van der Waals surface area contributed by atoms with E-state index in [1.54, 1.807) is 33.7 Å². The molecule has 0 radical (unpaired) electrons. The first kappa shape index (κ1) is 11.4. The van der Waals surface area contributed by atoms with Gasteiger partial charge in [0.05, 0.1) is 17.7 Å². The summed E-state index contributed by atoms with van der Waals surface area (Å²) in [5.41, 5.74) is 0.0761. The second-order valence-corrected chi connectivity index (χ2v) is 4.70. The highest BCUT2D eigenvalue weighted by Gasteiger charge is 2.16. The predicted octanol–water partition coefficient (Wildman–Crippen LogP) is 1.44. The zero-order valence-electron chi connectivity index (χ0n) is 9.92. The summed E-state index contributed by atoms with van der Waals surface area (Å²) >= 11 is 0. The van der Waals surface area contributed by atoms with Crippen molar-refractivity contribution in [1.29, 1.82) is 5.26 Å². The molecule has 0 aromatic carbocycles. The SMILES string of the molecule is CC(C)(C#N)CCn1ccn2nccc2c1=O. The Morgan fingerprint density at radius 3 is 2.94 bits per heavy atom. The molecule has 0 bridgehead atoms. The second-order valence-electron chi connectivity index (χ2n) is 4.70. The molecule has 17 heavy (non-hydrogen) atoms. The van der Waals surface area contributed by atoms with Crippen molar-refractivity contribution in [3.05, 3.63) is 35.0 Å². The topological polar surface area (TPSA) is 63.1 Å². The minimum atomic E-state index is -0.411. The molecule has 0 saturated carbocycles. The molecule has 0 aliphatic heterocycles. The van der Waals surface area contributed by atoms with Crippen LogP contribution in [0, 0.1) is 16.7 Å².